The van der Waals surface area contributed by atoms with Gasteiger partial charge in [-0.05, 0) is 37.9 Å². The van der Waals surface area contributed by atoms with E-state index in [4.69, 9.17) is 10.5 Å². The molecule has 1 aromatic rings. The Morgan fingerprint density at radius 1 is 1.44 bits per heavy atom. The molecule has 1 aliphatic heterocycles. The Labute approximate surface area is 108 Å². The Bertz CT molecular complexity index is 447. The number of cyclic esters (lactones) is 1. The monoisotopic (exact) mass is 248 g/mol. The van der Waals surface area contributed by atoms with Gasteiger partial charge in [0.25, 0.3) is 0 Å². The second-order valence-corrected chi connectivity index (χ2v) is 5.10. The predicted octanol–water partition coefficient (Wildman–Crippen LogP) is 2.05. The van der Waals surface area contributed by atoms with Gasteiger partial charge in [0.05, 0.1) is 5.54 Å². The van der Waals surface area contributed by atoms with Crippen LogP contribution in [0.5, 0.6) is 0 Å². The maximum Gasteiger partial charge on any atom is 0.410 e. The summed E-state index contributed by atoms with van der Waals surface area (Å²) in [6, 6.07) is 8.09. The summed E-state index contributed by atoms with van der Waals surface area (Å²) in [7, 11) is 0. The topological polar surface area (TPSA) is 55.6 Å². The lowest BCUT2D eigenvalue weighted by molar-refractivity contribution is 0.148. The van der Waals surface area contributed by atoms with Crippen LogP contribution in [0.4, 0.5) is 4.79 Å². The molecule has 0 aliphatic carbocycles. The van der Waals surface area contributed by atoms with Crippen LogP contribution in [0.15, 0.2) is 24.3 Å². The number of hydrogen-bond acceptors (Lipinski definition) is 3. The lowest BCUT2D eigenvalue weighted by Crippen LogP contribution is -2.45. The SMILES string of the molecule is Cc1ccccc1CN1C(=O)OCC1(C)CCN. The van der Waals surface area contributed by atoms with Gasteiger partial charge in [-0.25, -0.2) is 4.79 Å². The minimum atomic E-state index is -0.284. The number of hydrogen-bond donors (Lipinski definition) is 1. The first-order valence-electron chi connectivity index (χ1n) is 6.26. The maximum absolute atomic E-state index is 11.8. The predicted molar refractivity (Wildman–Crippen MR) is 70.1 cm³/mol. The van der Waals surface area contributed by atoms with Crippen LogP contribution in [0, 0.1) is 6.92 Å². The molecule has 0 aromatic heterocycles. The van der Waals surface area contributed by atoms with Crippen LogP contribution in [0.1, 0.15) is 24.5 Å². The molecule has 1 fully saturated rings. The summed E-state index contributed by atoms with van der Waals surface area (Å²) in [5.41, 5.74) is 7.69. The van der Waals surface area contributed by atoms with Crippen molar-refractivity contribution in [3.63, 3.8) is 0 Å². The summed E-state index contributed by atoms with van der Waals surface area (Å²) in [6.07, 6.45) is 0.513. The average Bonchev–Trinajstić information content (AvgIpc) is 2.61. The molecule has 0 saturated carbocycles. The number of nitrogens with two attached hydrogens (primary N) is 1. The zero-order valence-electron chi connectivity index (χ0n) is 11.0. The summed E-state index contributed by atoms with van der Waals surface area (Å²) < 4.78 is 5.18. The van der Waals surface area contributed by atoms with Crippen molar-refractivity contribution in [1.29, 1.82) is 0 Å². The number of ether oxygens (including phenoxy) is 1. The minimum Gasteiger partial charge on any atom is -0.447 e. The number of nitrogens with zero attached hydrogens (tertiary/aromatic N) is 1. The van der Waals surface area contributed by atoms with E-state index in [2.05, 4.69) is 13.0 Å². The molecular formula is C14H20N2O2. The molecule has 18 heavy (non-hydrogen) atoms. The van der Waals surface area contributed by atoms with E-state index in [1.54, 1.807) is 4.90 Å². The number of carbonyl (C=O) groups excluding carboxylic acids is 1. The van der Waals surface area contributed by atoms with Gasteiger partial charge in [-0.15, -0.1) is 0 Å². The van der Waals surface area contributed by atoms with E-state index >= 15 is 0 Å². The summed E-state index contributed by atoms with van der Waals surface area (Å²) in [4.78, 5) is 13.6. The van der Waals surface area contributed by atoms with Crippen LogP contribution in [0.3, 0.4) is 0 Å². The van der Waals surface area contributed by atoms with Gasteiger partial charge >= 0.3 is 6.09 Å². The molecule has 1 amide bonds. The first kappa shape index (κ1) is 12.9. The molecule has 0 radical (unpaired) electrons. The normalized spacial score (nSPS) is 23.3. The van der Waals surface area contributed by atoms with Crippen molar-refractivity contribution in [2.24, 2.45) is 5.73 Å². The van der Waals surface area contributed by atoms with Crippen LogP contribution in [0.2, 0.25) is 0 Å². The Balaban J connectivity index is 2.21. The third kappa shape index (κ3) is 2.34. The van der Waals surface area contributed by atoms with E-state index in [0.717, 1.165) is 12.0 Å². The highest BCUT2D eigenvalue weighted by Gasteiger charge is 2.42. The zero-order valence-corrected chi connectivity index (χ0v) is 11.0. The summed E-state index contributed by atoms with van der Waals surface area (Å²) >= 11 is 0. The third-order valence-electron chi connectivity index (χ3n) is 3.65. The van der Waals surface area contributed by atoms with E-state index in [9.17, 15) is 4.79 Å². The molecule has 1 aromatic carbocycles. The van der Waals surface area contributed by atoms with Gasteiger partial charge in [-0.2, -0.15) is 0 Å². The third-order valence-corrected chi connectivity index (χ3v) is 3.65. The van der Waals surface area contributed by atoms with Crippen molar-refractivity contribution in [3.8, 4) is 0 Å². The second kappa shape index (κ2) is 4.98. The van der Waals surface area contributed by atoms with Crippen LogP contribution in [-0.4, -0.2) is 29.7 Å². The van der Waals surface area contributed by atoms with Crippen molar-refractivity contribution in [2.75, 3.05) is 13.2 Å². The molecule has 0 spiro atoms. The number of carbonyl (C=O) groups is 1. The van der Waals surface area contributed by atoms with Crippen molar-refractivity contribution in [3.05, 3.63) is 35.4 Å². The first-order chi connectivity index (χ1) is 8.57. The van der Waals surface area contributed by atoms with Gasteiger partial charge < -0.3 is 10.5 Å². The molecular weight excluding hydrogens is 228 g/mol. The molecule has 1 unspecified atom stereocenters. The molecule has 0 bridgehead atoms. The van der Waals surface area contributed by atoms with Crippen molar-refractivity contribution in [1.82, 2.24) is 4.90 Å². The smallest absolute Gasteiger partial charge is 0.410 e. The molecule has 1 heterocycles. The molecule has 98 valence electrons. The van der Waals surface area contributed by atoms with E-state index in [-0.39, 0.29) is 11.6 Å². The van der Waals surface area contributed by atoms with Crippen molar-refractivity contribution >= 4 is 6.09 Å². The lowest BCUT2D eigenvalue weighted by Gasteiger charge is -2.32. The molecule has 1 aliphatic rings. The average molecular weight is 248 g/mol. The lowest BCUT2D eigenvalue weighted by atomic mass is 9.96. The molecule has 2 N–H and O–H groups in total. The fourth-order valence-corrected chi connectivity index (χ4v) is 2.32. The van der Waals surface area contributed by atoms with E-state index < -0.39 is 0 Å². The molecule has 4 nitrogen and oxygen atoms in total. The Morgan fingerprint density at radius 2 is 2.17 bits per heavy atom. The van der Waals surface area contributed by atoms with Gasteiger partial charge in [0, 0.05) is 6.54 Å². The first-order valence-corrected chi connectivity index (χ1v) is 6.26. The largest absolute Gasteiger partial charge is 0.447 e. The van der Waals surface area contributed by atoms with E-state index in [0.29, 0.717) is 19.7 Å². The van der Waals surface area contributed by atoms with Gasteiger partial charge in [-0.3, -0.25) is 4.90 Å². The van der Waals surface area contributed by atoms with Gasteiger partial charge in [0.1, 0.15) is 6.61 Å². The fourth-order valence-electron chi connectivity index (χ4n) is 2.32. The Morgan fingerprint density at radius 3 is 2.83 bits per heavy atom. The highest BCUT2D eigenvalue weighted by atomic mass is 16.6. The molecule has 1 atom stereocenters. The van der Waals surface area contributed by atoms with Crippen LogP contribution in [0.25, 0.3) is 0 Å². The quantitative estimate of drug-likeness (QED) is 0.887. The van der Waals surface area contributed by atoms with E-state index in [1.165, 1.54) is 5.56 Å². The maximum atomic E-state index is 11.8. The standard InChI is InChI=1S/C14H20N2O2/c1-11-5-3-4-6-12(11)9-16-13(17)18-10-14(16,2)7-8-15/h3-6H,7-10,15H2,1-2H3. The number of benzene rings is 1. The number of aryl methyl sites for hydroxylation is 1. The zero-order chi connectivity index (χ0) is 13.2. The van der Waals surface area contributed by atoms with Gasteiger partial charge in [-0.1, -0.05) is 24.3 Å². The Kier molecular flexibility index (Phi) is 3.57. The highest BCUT2D eigenvalue weighted by molar-refractivity contribution is 5.71. The van der Waals surface area contributed by atoms with E-state index in [1.807, 2.05) is 25.1 Å². The van der Waals surface area contributed by atoms with Crippen molar-refractivity contribution in [2.45, 2.75) is 32.4 Å². The van der Waals surface area contributed by atoms with Crippen LogP contribution < -0.4 is 5.73 Å². The molecule has 4 heteroatoms. The summed E-state index contributed by atoms with van der Waals surface area (Å²) in [5.74, 6) is 0. The van der Waals surface area contributed by atoms with Gasteiger partial charge in [0.2, 0.25) is 0 Å². The van der Waals surface area contributed by atoms with Crippen LogP contribution in [-0.2, 0) is 11.3 Å². The van der Waals surface area contributed by atoms with Crippen LogP contribution >= 0.6 is 0 Å². The number of amides is 1. The summed E-state index contributed by atoms with van der Waals surface area (Å²) in [5, 5.41) is 0. The second-order valence-electron chi connectivity index (χ2n) is 5.10. The van der Waals surface area contributed by atoms with Gasteiger partial charge in [0.15, 0.2) is 0 Å². The molecule has 2 rings (SSSR count). The fraction of sp³-hybridized carbons (Fsp3) is 0.500. The molecule has 1 saturated heterocycles. The summed E-state index contributed by atoms with van der Waals surface area (Å²) in [6.45, 7) is 5.65. The highest BCUT2D eigenvalue weighted by Crippen LogP contribution is 2.29. The minimum absolute atomic E-state index is 0.241. The number of rotatable bonds is 4. The van der Waals surface area contributed by atoms with Crippen molar-refractivity contribution < 1.29 is 9.53 Å². The Hall–Kier alpha value is -1.55.